The smallest absolute Gasteiger partial charge is 0.262 e. The number of methoxy groups -OCH3 is 1. The second-order valence-electron chi connectivity index (χ2n) is 5.24. The molecule has 0 aromatic heterocycles. The number of carbonyl (C=O) groups is 2. The number of amides is 1. The van der Waals surface area contributed by atoms with E-state index in [0.29, 0.717) is 34.1 Å². The maximum absolute atomic E-state index is 12.3. The SMILES string of the molecule is COc1cc(C#N)ccc1OCC(=O)c1ccc2c(c1)NC(=O)CO2. The fourth-order valence-corrected chi connectivity index (χ4v) is 2.34. The standard InChI is InChI=1S/C18H14N2O5/c1-23-17-6-11(8-19)2-4-16(17)24-9-14(21)12-3-5-15-13(7-12)20-18(22)10-25-15/h2-7H,9-10H2,1H3,(H,20,22). The van der Waals surface area contributed by atoms with Gasteiger partial charge in [-0.25, -0.2) is 0 Å². The highest BCUT2D eigenvalue weighted by Gasteiger charge is 2.18. The van der Waals surface area contributed by atoms with Crippen LogP contribution in [0, 0.1) is 11.3 Å². The van der Waals surface area contributed by atoms with Crippen molar-refractivity contribution in [2.75, 3.05) is 25.6 Å². The summed E-state index contributed by atoms with van der Waals surface area (Å²) in [5.41, 5.74) is 1.27. The molecular weight excluding hydrogens is 324 g/mol. The summed E-state index contributed by atoms with van der Waals surface area (Å²) in [6.07, 6.45) is 0. The zero-order valence-electron chi connectivity index (χ0n) is 13.4. The molecule has 0 saturated carbocycles. The molecule has 126 valence electrons. The third-order valence-electron chi connectivity index (χ3n) is 3.59. The Balaban J connectivity index is 1.72. The molecule has 0 aliphatic carbocycles. The van der Waals surface area contributed by atoms with Crippen molar-refractivity contribution in [3.63, 3.8) is 0 Å². The second kappa shape index (κ2) is 6.93. The van der Waals surface area contributed by atoms with Gasteiger partial charge in [0.15, 0.2) is 30.5 Å². The van der Waals surface area contributed by atoms with Crippen molar-refractivity contribution < 1.29 is 23.8 Å². The van der Waals surface area contributed by atoms with Gasteiger partial charge in [0.05, 0.1) is 24.4 Å². The second-order valence-corrected chi connectivity index (χ2v) is 5.24. The van der Waals surface area contributed by atoms with Gasteiger partial charge in [-0.05, 0) is 30.3 Å². The average molecular weight is 338 g/mol. The lowest BCUT2D eigenvalue weighted by molar-refractivity contribution is -0.118. The Morgan fingerprint density at radius 3 is 2.88 bits per heavy atom. The van der Waals surface area contributed by atoms with E-state index in [1.54, 1.807) is 30.3 Å². The number of anilines is 1. The maximum Gasteiger partial charge on any atom is 0.262 e. The Labute approximate surface area is 143 Å². The molecule has 1 heterocycles. The van der Waals surface area contributed by atoms with E-state index in [4.69, 9.17) is 19.5 Å². The van der Waals surface area contributed by atoms with E-state index in [1.807, 2.05) is 6.07 Å². The molecule has 7 heteroatoms. The zero-order chi connectivity index (χ0) is 17.8. The van der Waals surface area contributed by atoms with Crippen molar-refractivity contribution in [3.8, 4) is 23.3 Å². The number of fused-ring (bicyclic) bond motifs is 1. The number of nitriles is 1. The van der Waals surface area contributed by atoms with Crippen LogP contribution in [-0.2, 0) is 4.79 Å². The number of hydrogen-bond donors (Lipinski definition) is 1. The van der Waals surface area contributed by atoms with Gasteiger partial charge in [0, 0.05) is 11.6 Å². The van der Waals surface area contributed by atoms with Crippen molar-refractivity contribution >= 4 is 17.4 Å². The fourth-order valence-electron chi connectivity index (χ4n) is 2.34. The highest BCUT2D eigenvalue weighted by molar-refractivity contribution is 6.01. The highest BCUT2D eigenvalue weighted by atomic mass is 16.5. The van der Waals surface area contributed by atoms with Crippen LogP contribution in [0.15, 0.2) is 36.4 Å². The molecule has 7 nitrogen and oxygen atoms in total. The molecule has 3 rings (SSSR count). The van der Waals surface area contributed by atoms with Crippen LogP contribution in [0.2, 0.25) is 0 Å². The van der Waals surface area contributed by atoms with Gasteiger partial charge >= 0.3 is 0 Å². The normalized spacial score (nSPS) is 12.2. The Morgan fingerprint density at radius 1 is 1.28 bits per heavy atom. The Hall–Kier alpha value is -3.53. The van der Waals surface area contributed by atoms with Gasteiger partial charge in [-0.15, -0.1) is 0 Å². The first-order chi connectivity index (χ1) is 12.1. The summed E-state index contributed by atoms with van der Waals surface area (Å²) in [6.45, 7) is -0.252. The molecule has 0 spiro atoms. The number of Topliss-reactive ketones (excluding diaryl/α,β-unsaturated/α-hetero) is 1. The first-order valence-electron chi connectivity index (χ1n) is 7.41. The van der Waals surface area contributed by atoms with Crippen LogP contribution in [0.1, 0.15) is 15.9 Å². The van der Waals surface area contributed by atoms with Gasteiger partial charge in [0.25, 0.3) is 5.91 Å². The minimum atomic E-state index is -0.269. The lowest BCUT2D eigenvalue weighted by Crippen LogP contribution is -2.25. The van der Waals surface area contributed by atoms with E-state index in [1.165, 1.54) is 13.2 Å². The number of ether oxygens (including phenoxy) is 3. The number of ketones is 1. The first kappa shape index (κ1) is 16.3. The molecule has 0 unspecified atom stereocenters. The van der Waals surface area contributed by atoms with Gasteiger partial charge in [-0.1, -0.05) is 0 Å². The molecule has 0 bridgehead atoms. The molecule has 2 aromatic rings. The van der Waals surface area contributed by atoms with Crippen LogP contribution in [0.5, 0.6) is 17.2 Å². The molecule has 1 aliphatic heterocycles. The van der Waals surface area contributed by atoms with E-state index in [2.05, 4.69) is 5.32 Å². The monoisotopic (exact) mass is 338 g/mol. The van der Waals surface area contributed by atoms with Crippen LogP contribution >= 0.6 is 0 Å². The molecule has 2 aromatic carbocycles. The van der Waals surface area contributed by atoms with E-state index >= 15 is 0 Å². The number of hydrogen-bond acceptors (Lipinski definition) is 6. The lowest BCUT2D eigenvalue weighted by atomic mass is 10.1. The minimum absolute atomic E-state index is 0.0398. The quantitative estimate of drug-likeness (QED) is 0.839. The summed E-state index contributed by atoms with van der Waals surface area (Å²) in [4.78, 5) is 23.7. The maximum atomic E-state index is 12.3. The van der Waals surface area contributed by atoms with Gasteiger partial charge in [0.2, 0.25) is 0 Å². The number of carbonyl (C=O) groups excluding carboxylic acids is 2. The van der Waals surface area contributed by atoms with Gasteiger partial charge in [-0.2, -0.15) is 5.26 Å². The van der Waals surface area contributed by atoms with Gasteiger partial charge in [0.1, 0.15) is 5.75 Å². The van der Waals surface area contributed by atoms with Crippen molar-refractivity contribution in [2.45, 2.75) is 0 Å². The molecule has 1 aliphatic rings. The lowest BCUT2D eigenvalue weighted by Gasteiger charge is -2.18. The zero-order valence-corrected chi connectivity index (χ0v) is 13.4. The fraction of sp³-hybridized carbons (Fsp3) is 0.167. The molecule has 25 heavy (non-hydrogen) atoms. The average Bonchev–Trinajstić information content (AvgIpc) is 2.65. The Kier molecular flexibility index (Phi) is 4.53. The van der Waals surface area contributed by atoms with Crippen LogP contribution in [0.25, 0.3) is 0 Å². The van der Waals surface area contributed by atoms with E-state index in [0.717, 1.165) is 0 Å². The Morgan fingerprint density at radius 2 is 2.12 bits per heavy atom. The molecule has 0 fully saturated rings. The third-order valence-corrected chi connectivity index (χ3v) is 3.59. The number of nitrogens with zero attached hydrogens (tertiary/aromatic N) is 1. The van der Waals surface area contributed by atoms with Crippen molar-refractivity contribution in [1.82, 2.24) is 0 Å². The largest absolute Gasteiger partial charge is 0.493 e. The van der Waals surface area contributed by atoms with E-state index < -0.39 is 0 Å². The van der Waals surface area contributed by atoms with Crippen LogP contribution in [0.4, 0.5) is 5.69 Å². The summed E-state index contributed by atoms with van der Waals surface area (Å²) < 4.78 is 15.9. The summed E-state index contributed by atoms with van der Waals surface area (Å²) in [5.74, 6) is 0.720. The topological polar surface area (TPSA) is 97.6 Å². The molecule has 1 amide bonds. The Bertz CT molecular complexity index is 886. The molecule has 1 N–H and O–H groups in total. The van der Waals surface area contributed by atoms with E-state index in [9.17, 15) is 9.59 Å². The van der Waals surface area contributed by atoms with E-state index in [-0.39, 0.29) is 24.9 Å². The van der Waals surface area contributed by atoms with Gasteiger partial charge < -0.3 is 19.5 Å². The molecular formula is C18H14N2O5. The summed E-state index contributed by atoms with van der Waals surface area (Å²) in [7, 11) is 1.46. The highest BCUT2D eigenvalue weighted by Crippen LogP contribution is 2.30. The van der Waals surface area contributed by atoms with Crippen LogP contribution < -0.4 is 19.5 Å². The first-order valence-corrected chi connectivity index (χ1v) is 7.41. The minimum Gasteiger partial charge on any atom is -0.493 e. The predicted octanol–water partition coefficient (Wildman–Crippen LogP) is 2.16. The van der Waals surface area contributed by atoms with Gasteiger partial charge in [-0.3, -0.25) is 9.59 Å². The number of benzene rings is 2. The molecule has 0 radical (unpaired) electrons. The molecule has 0 saturated heterocycles. The van der Waals surface area contributed by atoms with Crippen molar-refractivity contribution in [1.29, 1.82) is 5.26 Å². The third kappa shape index (κ3) is 3.53. The van der Waals surface area contributed by atoms with Crippen LogP contribution in [-0.4, -0.2) is 32.0 Å². The summed E-state index contributed by atoms with van der Waals surface area (Å²) in [5, 5.41) is 11.5. The summed E-state index contributed by atoms with van der Waals surface area (Å²) in [6, 6.07) is 11.5. The molecule has 0 atom stereocenters. The van der Waals surface area contributed by atoms with Crippen LogP contribution in [0.3, 0.4) is 0 Å². The number of rotatable bonds is 5. The van der Waals surface area contributed by atoms with Crippen molar-refractivity contribution in [2.24, 2.45) is 0 Å². The van der Waals surface area contributed by atoms with Crippen molar-refractivity contribution in [3.05, 3.63) is 47.5 Å². The number of nitrogens with one attached hydrogen (secondary N) is 1. The summed E-state index contributed by atoms with van der Waals surface area (Å²) >= 11 is 0. The predicted molar refractivity (Wildman–Crippen MR) is 88.1 cm³/mol.